The predicted octanol–water partition coefficient (Wildman–Crippen LogP) is 1.96. The van der Waals surface area contributed by atoms with Crippen LogP contribution in [0.25, 0.3) is 0 Å². The van der Waals surface area contributed by atoms with E-state index < -0.39 is 0 Å². The number of carbonyl (C=O) groups excluding carboxylic acids is 1. The fraction of sp³-hybridized carbons (Fsp3) is 0.182. The van der Waals surface area contributed by atoms with Gasteiger partial charge < -0.3 is 9.73 Å². The van der Waals surface area contributed by atoms with Crippen LogP contribution in [-0.4, -0.2) is 15.9 Å². The summed E-state index contributed by atoms with van der Waals surface area (Å²) in [5.41, 5.74) is 0.380. The number of carbonyl (C=O) groups is 1. The highest BCUT2D eigenvalue weighted by Gasteiger charge is 2.10. The molecule has 0 spiro atoms. The maximum atomic E-state index is 11.8. The Morgan fingerprint density at radius 3 is 3.00 bits per heavy atom. The molecule has 6 heteroatoms. The number of halogens is 1. The van der Waals surface area contributed by atoms with E-state index in [1.165, 1.54) is 12.4 Å². The minimum Gasteiger partial charge on any atom is -0.444 e. The van der Waals surface area contributed by atoms with Crippen LogP contribution in [0.15, 0.2) is 29.1 Å². The molecule has 0 fully saturated rings. The molecule has 2 aromatic heterocycles. The average molecular weight is 252 g/mol. The van der Waals surface area contributed by atoms with Crippen molar-refractivity contribution in [2.24, 2.45) is 0 Å². The number of aromatic nitrogens is 2. The molecule has 5 nitrogen and oxygen atoms in total. The van der Waals surface area contributed by atoms with E-state index in [0.29, 0.717) is 22.2 Å². The third kappa shape index (κ3) is 2.82. The third-order valence-corrected chi connectivity index (χ3v) is 2.39. The summed E-state index contributed by atoms with van der Waals surface area (Å²) in [5.74, 6) is 0.880. The van der Waals surface area contributed by atoms with E-state index in [9.17, 15) is 4.79 Å². The first-order valence-corrected chi connectivity index (χ1v) is 5.33. The topological polar surface area (TPSA) is 68.0 Å². The smallest absolute Gasteiger partial charge is 0.253 e. The number of rotatable bonds is 3. The molecule has 0 bridgehead atoms. The zero-order chi connectivity index (χ0) is 12.3. The van der Waals surface area contributed by atoms with Gasteiger partial charge in [0.05, 0.1) is 23.3 Å². The largest absolute Gasteiger partial charge is 0.444 e. The van der Waals surface area contributed by atoms with Crippen molar-refractivity contribution < 1.29 is 9.21 Å². The molecule has 17 heavy (non-hydrogen) atoms. The van der Waals surface area contributed by atoms with Crippen molar-refractivity contribution in [3.63, 3.8) is 0 Å². The van der Waals surface area contributed by atoms with Gasteiger partial charge in [0.1, 0.15) is 5.76 Å². The summed E-state index contributed by atoms with van der Waals surface area (Å²) >= 11 is 5.84. The van der Waals surface area contributed by atoms with Gasteiger partial charge in [-0.15, -0.1) is 0 Å². The summed E-state index contributed by atoms with van der Waals surface area (Å²) in [5, 5.41) is 2.98. The van der Waals surface area contributed by atoms with Crippen molar-refractivity contribution in [2.45, 2.75) is 13.5 Å². The number of oxazole rings is 1. The molecule has 1 N–H and O–H groups in total. The molecule has 2 aromatic rings. The average Bonchev–Trinajstić information content (AvgIpc) is 2.73. The number of pyridine rings is 1. The van der Waals surface area contributed by atoms with Crippen LogP contribution < -0.4 is 5.32 Å². The van der Waals surface area contributed by atoms with Crippen molar-refractivity contribution in [1.82, 2.24) is 15.3 Å². The molecule has 0 aliphatic rings. The summed E-state index contributed by atoms with van der Waals surface area (Å²) in [4.78, 5) is 19.5. The summed E-state index contributed by atoms with van der Waals surface area (Å²) in [6.07, 6.45) is 4.53. The lowest BCUT2D eigenvalue weighted by atomic mass is 10.2. The SMILES string of the molecule is Cc1cnc(CNC(=O)c2ccncc2Cl)o1. The highest BCUT2D eigenvalue weighted by molar-refractivity contribution is 6.33. The zero-order valence-electron chi connectivity index (χ0n) is 9.11. The molecule has 0 aliphatic carbocycles. The van der Waals surface area contributed by atoms with E-state index in [4.69, 9.17) is 16.0 Å². The Labute approximate surface area is 103 Å². The number of hydrogen-bond donors (Lipinski definition) is 1. The highest BCUT2D eigenvalue weighted by Crippen LogP contribution is 2.13. The van der Waals surface area contributed by atoms with E-state index >= 15 is 0 Å². The first-order chi connectivity index (χ1) is 8.16. The lowest BCUT2D eigenvalue weighted by Crippen LogP contribution is -2.23. The number of nitrogens with zero attached hydrogens (tertiary/aromatic N) is 2. The van der Waals surface area contributed by atoms with Crippen molar-refractivity contribution >= 4 is 17.5 Å². The molecule has 0 saturated heterocycles. The number of nitrogens with one attached hydrogen (secondary N) is 1. The molecule has 88 valence electrons. The maximum Gasteiger partial charge on any atom is 0.253 e. The summed E-state index contributed by atoms with van der Waals surface area (Å²) < 4.78 is 5.23. The fourth-order valence-corrected chi connectivity index (χ4v) is 1.50. The normalized spacial score (nSPS) is 10.2. The van der Waals surface area contributed by atoms with Crippen LogP contribution in [0, 0.1) is 6.92 Å². The second-order valence-electron chi connectivity index (χ2n) is 3.40. The van der Waals surface area contributed by atoms with Gasteiger partial charge in [0.15, 0.2) is 0 Å². The molecule has 2 rings (SSSR count). The van der Waals surface area contributed by atoms with Gasteiger partial charge in [0, 0.05) is 12.4 Å². The highest BCUT2D eigenvalue weighted by atomic mass is 35.5. The fourth-order valence-electron chi connectivity index (χ4n) is 1.29. The van der Waals surface area contributed by atoms with Gasteiger partial charge in [0.25, 0.3) is 5.91 Å². The van der Waals surface area contributed by atoms with Gasteiger partial charge in [-0.2, -0.15) is 0 Å². The summed E-state index contributed by atoms with van der Waals surface area (Å²) in [6, 6.07) is 1.55. The maximum absolute atomic E-state index is 11.8. The minimum atomic E-state index is -0.284. The van der Waals surface area contributed by atoms with Gasteiger partial charge in [-0.25, -0.2) is 4.98 Å². The molecular formula is C11H10ClN3O2. The molecular weight excluding hydrogens is 242 g/mol. The van der Waals surface area contributed by atoms with Gasteiger partial charge >= 0.3 is 0 Å². The van der Waals surface area contributed by atoms with Gasteiger partial charge in [-0.1, -0.05) is 11.6 Å². The zero-order valence-corrected chi connectivity index (χ0v) is 9.86. The monoisotopic (exact) mass is 251 g/mol. The Morgan fingerprint density at radius 1 is 1.53 bits per heavy atom. The Hall–Kier alpha value is -1.88. The van der Waals surface area contributed by atoms with Crippen LogP contribution in [-0.2, 0) is 6.54 Å². The lowest BCUT2D eigenvalue weighted by molar-refractivity contribution is 0.0947. The number of aryl methyl sites for hydroxylation is 1. The second-order valence-corrected chi connectivity index (χ2v) is 3.81. The van der Waals surface area contributed by atoms with Crippen LogP contribution in [0.3, 0.4) is 0 Å². The van der Waals surface area contributed by atoms with E-state index in [-0.39, 0.29) is 12.5 Å². The molecule has 2 heterocycles. The predicted molar refractivity (Wildman–Crippen MR) is 61.7 cm³/mol. The number of amides is 1. The summed E-state index contributed by atoms with van der Waals surface area (Å²) in [7, 11) is 0. The van der Waals surface area contributed by atoms with Gasteiger partial charge in [-0.3, -0.25) is 9.78 Å². The van der Waals surface area contributed by atoms with Gasteiger partial charge in [0.2, 0.25) is 5.89 Å². The molecule has 0 aromatic carbocycles. The minimum absolute atomic E-state index is 0.228. The number of hydrogen-bond acceptors (Lipinski definition) is 4. The van der Waals surface area contributed by atoms with Crippen molar-refractivity contribution in [3.8, 4) is 0 Å². The first-order valence-electron chi connectivity index (χ1n) is 4.96. The lowest BCUT2D eigenvalue weighted by Gasteiger charge is -2.03. The van der Waals surface area contributed by atoms with E-state index in [0.717, 1.165) is 0 Å². The van der Waals surface area contributed by atoms with Crippen LogP contribution >= 0.6 is 11.6 Å². The second kappa shape index (κ2) is 4.97. The Kier molecular flexibility index (Phi) is 3.39. The van der Waals surface area contributed by atoms with Crippen molar-refractivity contribution in [2.75, 3.05) is 0 Å². The molecule has 0 saturated carbocycles. The van der Waals surface area contributed by atoms with Crippen LogP contribution in [0.4, 0.5) is 0 Å². The third-order valence-electron chi connectivity index (χ3n) is 2.09. The van der Waals surface area contributed by atoms with Crippen LogP contribution in [0.5, 0.6) is 0 Å². The van der Waals surface area contributed by atoms with Crippen molar-refractivity contribution in [3.05, 3.63) is 46.9 Å². The van der Waals surface area contributed by atoms with Crippen molar-refractivity contribution in [1.29, 1.82) is 0 Å². The Bertz CT molecular complexity index is 539. The van der Waals surface area contributed by atoms with Gasteiger partial charge in [-0.05, 0) is 13.0 Å². The first kappa shape index (κ1) is 11.6. The standard InChI is InChI=1S/C11H10ClN3O2/c1-7-4-14-10(17-7)6-15-11(16)8-2-3-13-5-9(8)12/h2-5H,6H2,1H3,(H,15,16). The molecule has 0 atom stereocenters. The van der Waals surface area contributed by atoms with E-state index in [2.05, 4.69) is 15.3 Å². The van der Waals surface area contributed by atoms with Crippen LogP contribution in [0.1, 0.15) is 22.0 Å². The molecule has 0 aliphatic heterocycles. The Morgan fingerprint density at radius 2 is 2.35 bits per heavy atom. The summed E-state index contributed by atoms with van der Waals surface area (Å²) in [6.45, 7) is 2.02. The van der Waals surface area contributed by atoms with E-state index in [1.807, 2.05) is 0 Å². The molecule has 0 radical (unpaired) electrons. The molecule has 0 unspecified atom stereocenters. The quantitative estimate of drug-likeness (QED) is 0.906. The Balaban J connectivity index is 2.01. The molecule has 1 amide bonds. The van der Waals surface area contributed by atoms with Crippen LogP contribution in [0.2, 0.25) is 5.02 Å². The van der Waals surface area contributed by atoms with E-state index in [1.54, 1.807) is 19.2 Å².